The quantitative estimate of drug-likeness (QED) is 0.307. The second kappa shape index (κ2) is 11.3. The molecule has 2 aromatic rings. The van der Waals surface area contributed by atoms with Gasteiger partial charge in [0.1, 0.15) is 0 Å². The van der Waals surface area contributed by atoms with E-state index in [4.69, 9.17) is 18.7 Å². The van der Waals surface area contributed by atoms with E-state index in [9.17, 15) is 9.90 Å². The van der Waals surface area contributed by atoms with Crippen molar-refractivity contribution in [1.82, 2.24) is 10.2 Å². The van der Waals surface area contributed by atoms with Crippen molar-refractivity contribution in [3.05, 3.63) is 23.9 Å². The van der Waals surface area contributed by atoms with Gasteiger partial charge in [-0.05, 0) is 42.4 Å². The van der Waals surface area contributed by atoms with Gasteiger partial charge in [0.15, 0.2) is 11.5 Å². The number of nitrogens with zero attached hydrogens (tertiary/aromatic N) is 5. The molecule has 1 aromatic carbocycles. The van der Waals surface area contributed by atoms with Crippen molar-refractivity contribution in [1.29, 1.82) is 0 Å². The monoisotopic (exact) mass is 487 g/mol. The summed E-state index contributed by atoms with van der Waals surface area (Å²) in [7, 11) is 4.64. The maximum Gasteiger partial charge on any atom is 0.324 e. The first-order valence-corrected chi connectivity index (χ1v) is 12.0. The first-order valence-electron chi connectivity index (χ1n) is 12.0. The topological polar surface area (TPSA) is 117 Å². The van der Waals surface area contributed by atoms with Gasteiger partial charge in [0.05, 0.1) is 45.6 Å². The molecule has 0 unspecified atom stereocenters. The molecule has 1 aliphatic carbocycles. The molecule has 4 rings (SSSR count). The summed E-state index contributed by atoms with van der Waals surface area (Å²) in [4.78, 5) is 20.4. The van der Waals surface area contributed by atoms with Crippen LogP contribution in [0.1, 0.15) is 37.7 Å². The molecular weight excluding hydrogens is 454 g/mol. The van der Waals surface area contributed by atoms with Crippen LogP contribution in [-0.2, 0) is 11.2 Å². The van der Waals surface area contributed by atoms with Gasteiger partial charge in [0.2, 0.25) is 16.9 Å². The van der Waals surface area contributed by atoms with Crippen molar-refractivity contribution in [3.8, 4) is 17.2 Å². The van der Waals surface area contributed by atoms with Crippen LogP contribution in [0.25, 0.3) is 0 Å². The smallest absolute Gasteiger partial charge is 0.324 e. The van der Waals surface area contributed by atoms with Gasteiger partial charge in [-0.2, -0.15) is 0 Å². The number of methoxy groups -OCH3 is 3. The molecule has 1 aromatic heterocycles. The maximum atomic E-state index is 12.9. The number of aromatic nitrogens is 2. The minimum atomic E-state index is -0.129. The summed E-state index contributed by atoms with van der Waals surface area (Å²) in [6.45, 7) is 2.23. The van der Waals surface area contributed by atoms with Crippen LogP contribution in [-0.4, -0.2) is 69.5 Å². The lowest BCUT2D eigenvalue weighted by Crippen LogP contribution is -2.66. The molecule has 0 N–H and O–H groups in total. The van der Waals surface area contributed by atoms with Gasteiger partial charge in [-0.25, -0.2) is 4.99 Å². The fraction of sp³-hybridized carbons (Fsp3) is 0.583. The van der Waals surface area contributed by atoms with E-state index in [-0.39, 0.29) is 30.0 Å². The molecule has 2 heterocycles. The van der Waals surface area contributed by atoms with Crippen molar-refractivity contribution in [2.75, 3.05) is 52.5 Å². The fourth-order valence-corrected chi connectivity index (χ4v) is 4.64. The molecule has 0 bridgehead atoms. The van der Waals surface area contributed by atoms with Crippen molar-refractivity contribution in [3.63, 3.8) is 0 Å². The Balaban J connectivity index is 1.33. The highest BCUT2D eigenvalue weighted by Crippen LogP contribution is 2.38. The number of hydrogen-bond acceptors (Lipinski definition) is 9. The van der Waals surface area contributed by atoms with Crippen LogP contribution in [0.15, 0.2) is 27.8 Å². The second-order valence-electron chi connectivity index (χ2n) is 8.79. The van der Waals surface area contributed by atoms with Crippen LogP contribution < -0.4 is 29.1 Å². The first-order chi connectivity index (χ1) is 17.0. The lowest BCUT2D eigenvalue weighted by molar-refractivity contribution is -0.759. The van der Waals surface area contributed by atoms with Crippen LogP contribution in [0.3, 0.4) is 0 Å². The predicted molar refractivity (Wildman–Crippen MR) is 125 cm³/mol. The van der Waals surface area contributed by atoms with E-state index in [2.05, 4.69) is 10.3 Å². The number of benzene rings is 1. The highest BCUT2D eigenvalue weighted by atomic mass is 16.5. The van der Waals surface area contributed by atoms with E-state index in [1.165, 1.54) is 6.42 Å². The number of ether oxygens (including phenoxy) is 3. The van der Waals surface area contributed by atoms with E-state index in [0.717, 1.165) is 31.2 Å². The zero-order chi connectivity index (χ0) is 24.8. The number of piperazine rings is 1. The average Bonchev–Trinajstić information content (AvgIpc) is 3.37. The van der Waals surface area contributed by atoms with Crippen LogP contribution in [0.5, 0.6) is 17.2 Å². The molecule has 35 heavy (non-hydrogen) atoms. The van der Waals surface area contributed by atoms with E-state index in [1.54, 1.807) is 44.4 Å². The van der Waals surface area contributed by atoms with E-state index in [1.807, 2.05) is 9.91 Å². The summed E-state index contributed by atoms with van der Waals surface area (Å²) in [5.41, 5.74) is 0.784. The van der Waals surface area contributed by atoms with Crippen molar-refractivity contribution in [2.24, 2.45) is 10.9 Å². The standard InChI is InChI=1S/C24H33N5O6/c1-32-19-13-17(14-20(33-2)23(19)34-3)15-22(30)27-9-11-28(12-10-27)29-16-21(35-26-29)25-24(31)18-7-5-4-6-8-18/h13-14,16,18H,4-12,15H2,1-3H3. The molecule has 1 saturated heterocycles. The number of carbonyl (C=O) groups is 1. The number of aliphatic imine (C=N–C) groups is 1. The van der Waals surface area contributed by atoms with Gasteiger partial charge in [-0.15, -0.1) is 5.01 Å². The predicted octanol–water partition coefficient (Wildman–Crippen LogP) is 0.981. The second-order valence-corrected chi connectivity index (χ2v) is 8.79. The Kier molecular flexibility index (Phi) is 7.94. The molecule has 1 saturated carbocycles. The molecule has 11 heteroatoms. The molecule has 2 aliphatic rings. The molecule has 0 atom stereocenters. The van der Waals surface area contributed by atoms with Gasteiger partial charge >= 0.3 is 5.88 Å². The highest BCUT2D eigenvalue weighted by Gasteiger charge is 2.28. The van der Waals surface area contributed by atoms with Gasteiger partial charge in [-0.3, -0.25) is 9.32 Å². The minimum Gasteiger partial charge on any atom is -0.861 e. The van der Waals surface area contributed by atoms with Gasteiger partial charge in [-0.1, -0.05) is 19.3 Å². The SMILES string of the molecule is COc1cc(CC(=O)N2CCN([n+]3cc(N=C([O-])C4CCCCC4)on3)CC2)cc(OC)c1OC. The van der Waals surface area contributed by atoms with E-state index < -0.39 is 0 Å². The van der Waals surface area contributed by atoms with Crippen LogP contribution in [0, 0.1) is 5.92 Å². The zero-order valence-corrected chi connectivity index (χ0v) is 20.6. The molecule has 1 aliphatic heterocycles. The van der Waals surface area contributed by atoms with Gasteiger partial charge in [0, 0.05) is 13.1 Å². The molecule has 0 spiro atoms. The van der Waals surface area contributed by atoms with Gasteiger partial charge in [0.25, 0.3) is 6.20 Å². The summed E-state index contributed by atoms with van der Waals surface area (Å²) < 4.78 is 21.4. The Labute approximate surface area is 204 Å². The third-order valence-electron chi connectivity index (χ3n) is 6.60. The Morgan fingerprint density at radius 2 is 1.74 bits per heavy atom. The molecule has 11 nitrogen and oxygen atoms in total. The largest absolute Gasteiger partial charge is 0.861 e. The number of amides is 1. The Bertz CT molecular complexity index is 1020. The lowest BCUT2D eigenvalue weighted by Gasteiger charge is -2.30. The zero-order valence-electron chi connectivity index (χ0n) is 20.6. The number of hydrogen-bond donors (Lipinski definition) is 0. The average molecular weight is 488 g/mol. The minimum absolute atomic E-state index is 0.0116. The Hall–Kier alpha value is -3.50. The summed E-state index contributed by atoms with van der Waals surface area (Å²) in [5.74, 6) is 1.61. The molecule has 190 valence electrons. The molecule has 2 fully saturated rings. The molecular formula is C24H33N5O6. The van der Waals surface area contributed by atoms with Crippen molar-refractivity contribution < 1.29 is 33.4 Å². The third kappa shape index (κ3) is 5.77. The van der Waals surface area contributed by atoms with E-state index >= 15 is 0 Å². The summed E-state index contributed by atoms with van der Waals surface area (Å²) >= 11 is 0. The maximum absolute atomic E-state index is 12.9. The van der Waals surface area contributed by atoms with Crippen molar-refractivity contribution in [2.45, 2.75) is 38.5 Å². The Morgan fingerprint density at radius 3 is 2.34 bits per heavy atom. The van der Waals surface area contributed by atoms with Crippen molar-refractivity contribution >= 4 is 17.7 Å². The van der Waals surface area contributed by atoms with Gasteiger partial charge < -0.3 is 24.2 Å². The number of carbonyl (C=O) groups excluding carboxylic acids is 1. The summed E-state index contributed by atoms with van der Waals surface area (Å²) in [6.07, 6.45) is 6.96. The van der Waals surface area contributed by atoms with E-state index in [0.29, 0.717) is 43.4 Å². The number of rotatable bonds is 8. The first kappa shape index (κ1) is 24.6. The normalized spacial score (nSPS) is 17.4. The van der Waals surface area contributed by atoms with Crippen LogP contribution in [0.4, 0.5) is 5.88 Å². The van der Waals surface area contributed by atoms with Crippen LogP contribution in [0.2, 0.25) is 0 Å². The highest BCUT2D eigenvalue weighted by molar-refractivity contribution is 5.79. The summed E-state index contributed by atoms with van der Waals surface area (Å²) in [5, 5.41) is 18.4. The summed E-state index contributed by atoms with van der Waals surface area (Å²) in [6, 6.07) is 3.58. The van der Waals surface area contributed by atoms with Crippen LogP contribution >= 0.6 is 0 Å². The fourth-order valence-electron chi connectivity index (χ4n) is 4.64. The Morgan fingerprint density at radius 1 is 1.09 bits per heavy atom. The molecule has 0 radical (unpaired) electrons. The lowest BCUT2D eigenvalue weighted by atomic mass is 9.89. The third-order valence-corrected chi connectivity index (χ3v) is 6.60. The molecule has 1 amide bonds.